The number of carbonyl (C=O) groups excluding carboxylic acids is 2. The van der Waals surface area contributed by atoms with Crippen LogP contribution in [0.5, 0.6) is 0 Å². The fourth-order valence-electron chi connectivity index (χ4n) is 2.80. The van der Waals surface area contributed by atoms with Crippen LogP contribution in [0.1, 0.15) is 12.0 Å². The first-order valence-corrected chi connectivity index (χ1v) is 10.2. The quantitative estimate of drug-likeness (QED) is 0.685. The van der Waals surface area contributed by atoms with Gasteiger partial charge in [-0.3, -0.25) is 13.9 Å². The predicted octanol–water partition coefficient (Wildman–Crippen LogP) is 1.11. The minimum atomic E-state index is -3.53. The largest absolute Gasteiger partial charge is 0.342 e. The highest BCUT2D eigenvalue weighted by Crippen LogP contribution is 2.25. The zero-order valence-corrected chi connectivity index (χ0v) is 15.9. The Kier molecular flexibility index (Phi) is 6.29. The van der Waals surface area contributed by atoms with E-state index < -0.39 is 10.0 Å². The molecule has 0 aromatic heterocycles. The van der Waals surface area contributed by atoms with E-state index in [1.54, 1.807) is 34.9 Å². The zero-order chi connectivity index (χ0) is 18.6. The normalized spacial score (nSPS) is 15.2. The molecule has 0 spiro atoms. The number of benzene rings is 1. The number of nitrogens with zero attached hydrogens (tertiary/aromatic N) is 3. The van der Waals surface area contributed by atoms with Gasteiger partial charge in [0, 0.05) is 44.2 Å². The standard InChI is InChI=1S/C16H22ClN3O4S/c1-13-11-14(17)3-4-15(13)20(25(2,23)24)6-5-16(22)19-9-7-18(12-21)8-10-19/h3-4,11-12H,5-10H2,1-2H3. The van der Waals surface area contributed by atoms with Gasteiger partial charge in [-0.1, -0.05) is 11.6 Å². The first kappa shape index (κ1) is 19.5. The number of amides is 2. The lowest BCUT2D eigenvalue weighted by atomic mass is 10.2. The number of hydrogen-bond donors (Lipinski definition) is 0. The molecule has 1 aliphatic rings. The molecule has 0 unspecified atom stereocenters. The molecule has 0 N–H and O–H groups in total. The molecule has 1 fully saturated rings. The van der Waals surface area contributed by atoms with E-state index in [9.17, 15) is 18.0 Å². The predicted molar refractivity (Wildman–Crippen MR) is 97.2 cm³/mol. The molecule has 1 heterocycles. The van der Waals surface area contributed by atoms with Gasteiger partial charge in [-0.2, -0.15) is 0 Å². The number of rotatable bonds is 6. The maximum atomic E-state index is 12.4. The fraction of sp³-hybridized carbons (Fsp3) is 0.500. The number of carbonyl (C=O) groups is 2. The number of hydrogen-bond acceptors (Lipinski definition) is 4. The monoisotopic (exact) mass is 387 g/mol. The molecule has 2 amide bonds. The van der Waals surface area contributed by atoms with Crippen LogP contribution in [0.15, 0.2) is 18.2 Å². The summed E-state index contributed by atoms with van der Waals surface area (Å²) in [4.78, 5) is 26.4. The summed E-state index contributed by atoms with van der Waals surface area (Å²) in [6, 6.07) is 4.96. The molecule has 9 heteroatoms. The molecule has 0 saturated carbocycles. The Balaban J connectivity index is 2.06. The maximum absolute atomic E-state index is 12.4. The highest BCUT2D eigenvalue weighted by Gasteiger charge is 2.24. The summed E-state index contributed by atoms with van der Waals surface area (Å²) >= 11 is 5.93. The van der Waals surface area contributed by atoms with Crippen molar-refractivity contribution in [2.45, 2.75) is 13.3 Å². The van der Waals surface area contributed by atoms with Crippen molar-refractivity contribution in [1.82, 2.24) is 9.80 Å². The van der Waals surface area contributed by atoms with Crippen LogP contribution in [-0.2, 0) is 19.6 Å². The Hall–Kier alpha value is -1.80. The van der Waals surface area contributed by atoms with Crippen LogP contribution in [0, 0.1) is 6.92 Å². The summed E-state index contributed by atoms with van der Waals surface area (Å²) in [6.45, 7) is 3.78. The lowest BCUT2D eigenvalue weighted by Crippen LogP contribution is -2.48. The van der Waals surface area contributed by atoms with Crippen molar-refractivity contribution in [3.8, 4) is 0 Å². The van der Waals surface area contributed by atoms with Crippen molar-refractivity contribution in [1.29, 1.82) is 0 Å². The summed E-state index contributed by atoms with van der Waals surface area (Å²) in [5, 5.41) is 0.527. The van der Waals surface area contributed by atoms with Gasteiger partial charge in [0.2, 0.25) is 22.3 Å². The van der Waals surface area contributed by atoms with Gasteiger partial charge < -0.3 is 9.80 Å². The lowest BCUT2D eigenvalue weighted by molar-refractivity contribution is -0.134. The molecule has 7 nitrogen and oxygen atoms in total. The zero-order valence-electron chi connectivity index (χ0n) is 14.3. The van der Waals surface area contributed by atoms with E-state index in [4.69, 9.17) is 11.6 Å². The molecule has 1 aromatic carbocycles. The molecule has 25 heavy (non-hydrogen) atoms. The number of aryl methyl sites for hydroxylation is 1. The fourth-order valence-corrected chi connectivity index (χ4v) is 4.01. The first-order chi connectivity index (χ1) is 11.7. The van der Waals surface area contributed by atoms with E-state index in [-0.39, 0.29) is 18.9 Å². The molecule has 1 aliphatic heterocycles. The second-order valence-corrected chi connectivity index (χ2v) is 8.38. The smallest absolute Gasteiger partial charge is 0.232 e. The molecule has 138 valence electrons. The van der Waals surface area contributed by atoms with Crippen LogP contribution in [-0.4, -0.2) is 69.5 Å². The van der Waals surface area contributed by atoms with Crippen molar-refractivity contribution in [2.24, 2.45) is 0 Å². The minimum absolute atomic E-state index is 0.0635. The molecule has 2 rings (SSSR count). The van der Waals surface area contributed by atoms with Crippen molar-refractivity contribution in [3.05, 3.63) is 28.8 Å². The van der Waals surface area contributed by atoms with E-state index >= 15 is 0 Å². The Labute approximate surface area is 153 Å². The van der Waals surface area contributed by atoms with E-state index in [0.717, 1.165) is 18.2 Å². The van der Waals surface area contributed by atoms with E-state index in [1.807, 2.05) is 0 Å². The Bertz CT molecular complexity index is 746. The molecule has 0 bridgehead atoms. The number of anilines is 1. The van der Waals surface area contributed by atoms with Gasteiger partial charge in [-0.25, -0.2) is 8.42 Å². The van der Waals surface area contributed by atoms with E-state index in [1.165, 1.54) is 4.31 Å². The number of halogens is 1. The van der Waals surface area contributed by atoms with Crippen LogP contribution in [0.4, 0.5) is 5.69 Å². The van der Waals surface area contributed by atoms with Gasteiger partial charge in [0.1, 0.15) is 0 Å². The highest BCUT2D eigenvalue weighted by atomic mass is 35.5. The third-order valence-electron chi connectivity index (χ3n) is 4.17. The average molecular weight is 388 g/mol. The van der Waals surface area contributed by atoms with Gasteiger partial charge in [-0.05, 0) is 30.7 Å². The summed E-state index contributed by atoms with van der Waals surface area (Å²) < 4.78 is 25.6. The topological polar surface area (TPSA) is 78.0 Å². The molecular formula is C16H22ClN3O4S. The van der Waals surface area contributed by atoms with Crippen LogP contribution >= 0.6 is 11.6 Å². The SMILES string of the molecule is Cc1cc(Cl)ccc1N(CCC(=O)N1CCN(C=O)CC1)S(C)(=O)=O. The number of piperazine rings is 1. The summed E-state index contributed by atoms with van der Waals surface area (Å²) in [7, 11) is -3.53. The summed E-state index contributed by atoms with van der Waals surface area (Å²) in [6.07, 6.45) is 1.97. The Morgan fingerprint density at radius 1 is 1.28 bits per heavy atom. The summed E-state index contributed by atoms with van der Waals surface area (Å²) in [5.41, 5.74) is 1.25. The van der Waals surface area contributed by atoms with Gasteiger partial charge in [0.15, 0.2) is 0 Å². The van der Waals surface area contributed by atoms with Crippen LogP contribution < -0.4 is 4.31 Å². The van der Waals surface area contributed by atoms with Crippen LogP contribution in [0.2, 0.25) is 5.02 Å². The van der Waals surface area contributed by atoms with Crippen molar-refractivity contribution >= 4 is 39.6 Å². The molecule has 1 aromatic rings. The minimum Gasteiger partial charge on any atom is -0.342 e. The number of sulfonamides is 1. The van der Waals surface area contributed by atoms with Crippen molar-refractivity contribution in [3.63, 3.8) is 0 Å². The first-order valence-electron chi connectivity index (χ1n) is 7.93. The lowest BCUT2D eigenvalue weighted by Gasteiger charge is -2.33. The van der Waals surface area contributed by atoms with Gasteiger partial charge in [0.25, 0.3) is 0 Å². The average Bonchev–Trinajstić information content (AvgIpc) is 2.55. The van der Waals surface area contributed by atoms with Crippen molar-refractivity contribution < 1.29 is 18.0 Å². The third kappa shape index (κ3) is 5.09. The second kappa shape index (κ2) is 8.05. The molecule has 0 radical (unpaired) electrons. The van der Waals surface area contributed by atoms with Gasteiger partial charge >= 0.3 is 0 Å². The Morgan fingerprint density at radius 2 is 1.92 bits per heavy atom. The van der Waals surface area contributed by atoms with Gasteiger partial charge in [-0.15, -0.1) is 0 Å². The molecule has 1 saturated heterocycles. The van der Waals surface area contributed by atoms with E-state index in [2.05, 4.69) is 0 Å². The van der Waals surface area contributed by atoms with Gasteiger partial charge in [0.05, 0.1) is 11.9 Å². The highest BCUT2D eigenvalue weighted by molar-refractivity contribution is 7.92. The summed E-state index contributed by atoms with van der Waals surface area (Å²) in [5.74, 6) is -0.120. The van der Waals surface area contributed by atoms with E-state index in [0.29, 0.717) is 36.9 Å². The molecule has 0 aliphatic carbocycles. The second-order valence-electron chi connectivity index (χ2n) is 6.04. The van der Waals surface area contributed by atoms with Crippen molar-refractivity contribution in [2.75, 3.05) is 43.3 Å². The van der Waals surface area contributed by atoms with Crippen LogP contribution in [0.25, 0.3) is 0 Å². The van der Waals surface area contributed by atoms with Crippen LogP contribution in [0.3, 0.4) is 0 Å². The third-order valence-corrected chi connectivity index (χ3v) is 5.59. The molecular weight excluding hydrogens is 366 g/mol. The Morgan fingerprint density at radius 3 is 2.44 bits per heavy atom. The maximum Gasteiger partial charge on any atom is 0.232 e. The molecule has 0 atom stereocenters.